The number of nitrogens with one attached hydrogen (secondary N) is 1. The van der Waals surface area contributed by atoms with Crippen LogP contribution in [-0.2, 0) is 9.53 Å². The van der Waals surface area contributed by atoms with Crippen LogP contribution in [0.4, 0.5) is 4.39 Å². The largest absolute Gasteiger partial charge is 0.378 e. The van der Waals surface area contributed by atoms with Crippen LogP contribution in [0.3, 0.4) is 0 Å². The van der Waals surface area contributed by atoms with Gasteiger partial charge in [0, 0.05) is 44.9 Å². The summed E-state index contributed by atoms with van der Waals surface area (Å²) in [5, 5.41) is 2.97. The Balaban J connectivity index is 1.32. The zero-order valence-corrected chi connectivity index (χ0v) is 17.8. The Morgan fingerprint density at radius 1 is 1.07 bits per heavy atom. The van der Waals surface area contributed by atoms with Crippen molar-refractivity contribution in [3.8, 4) is 0 Å². The summed E-state index contributed by atoms with van der Waals surface area (Å²) in [5.41, 5.74) is 0.372. The lowest BCUT2D eigenvalue weighted by atomic mass is 9.98. The number of nitrogens with zero attached hydrogens (tertiary/aromatic N) is 2. The minimum absolute atomic E-state index is 0.0116. The Labute approximate surface area is 178 Å². The van der Waals surface area contributed by atoms with Crippen molar-refractivity contribution in [1.82, 2.24) is 15.1 Å². The molecule has 6 nitrogen and oxygen atoms in total. The predicted octanol–water partition coefficient (Wildman–Crippen LogP) is 2.83. The highest BCUT2D eigenvalue weighted by Gasteiger charge is 2.21. The summed E-state index contributed by atoms with van der Waals surface area (Å²) in [4.78, 5) is 28.7. The Bertz CT molecular complexity index is 694. The van der Waals surface area contributed by atoms with E-state index in [1.54, 1.807) is 17.0 Å². The summed E-state index contributed by atoms with van der Waals surface area (Å²) in [6.45, 7) is 4.23. The molecule has 0 atom stereocenters. The van der Waals surface area contributed by atoms with Crippen LogP contribution in [0.25, 0.3) is 0 Å². The van der Waals surface area contributed by atoms with E-state index in [4.69, 9.17) is 4.74 Å². The second-order valence-corrected chi connectivity index (χ2v) is 8.27. The first-order valence-electron chi connectivity index (χ1n) is 11.3. The molecule has 3 rings (SSSR count). The molecule has 0 bridgehead atoms. The highest BCUT2D eigenvalue weighted by atomic mass is 19.1. The van der Waals surface area contributed by atoms with Crippen molar-refractivity contribution in [2.45, 2.75) is 51.0 Å². The van der Waals surface area contributed by atoms with Crippen LogP contribution in [0.5, 0.6) is 0 Å². The van der Waals surface area contributed by atoms with Gasteiger partial charge in [-0.1, -0.05) is 25.3 Å². The number of carbonyl (C=O) groups excluding carboxylic acids is 2. The van der Waals surface area contributed by atoms with Gasteiger partial charge in [-0.2, -0.15) is 0 Å². The molecule has 0 radical (unpaired) electrons. The summed E-state index contributed by atoms with van der Waals surface area (Å²) >= 11 is 0. The molecule has 1 aromatic rings. The molecule has 1 saturated heterocycles. The Morgan fingerprint density at radius 3 is 2.70 bits per heavy atom. The van der Waals surface area contributed by atoms with Crippen LogP contribution in [0.1, 0.15) is 55.3 Å². The van der Waals surface area contributed by atoms with Crippen molar-refractivity contribution in [2.75, 3.05) is 45.9 Å². The highest BCUT2D eigenvalue weighted by molar-refractivity contribution is 5.94. The normalized spacial score (nSPS) is 18.8. The molecule has 2 aliphatic rings. The maximum Gasteiger partial charge on any atom is 0.254 e. The first-order chi connectivity index (χ1) is 14.6. The first kappa shape index (κ1) is 22.7. The number of halogens is 1. The number of hydrogen-bond acceptors (Lipinski definition) is 4. The van der Waals surface area contributed by atoms with Crippen molar-refractivity contribution >= 4 is 11.8 Å². The van der Waals surface area contributed by atoms with Crippen LogP contribution in [-0.4, -0.2) is 73.6 Å². The van der Waals surface area contributed by atoms with Crippen LogP contribution < -0.4 is 5.32 Å². The SMILES string of the molecule is O=C(CN1CCCN(C(=O)c2cccc(F)c2)CC1)NCCCOC1CCCCC1. The van der Waals surface area contributed by atoms with E-state index < -0.39 is 5.82 Å². The molecule has 0 aromatic heterocycles. The van der Waals surface area contributed by atoms with Gasteiger partial charge in [0.1, 0.15) is 5.82 Å². The summed E-state index contributed by atoms with van der Waals surface area (Å²) in [6.07, 6.45) is 8.22. The van der Waals surface area contributed by atoms with Gasteiger partial charge in [-0.15, -0.1) is 0 Å². The molecule has 0 spiro atoms. The van der Waals surface area contributed by atoms with Crippen LogP contribution in [0, 0.1) is 5.82 Å². The summed E-state index contributed by atoms with van der Waals surface area (Å²) < 4.78 is 19.3. The highest BCUT2D eigenvalue weighted by Crippen LogP contribution is 2.20. The summed E-state index contributed by atoms with van der Waals surface area (Å²) in [5.74, 6) is -0.547. The zero-order valence-electron chi connectivity index (χ0n) is 17.8. The topological polar surface area (TPSA) is 61.9 Å². The minimum atomic E-state index is -0.405. The van der Waals surface area contributed by atoms with Gasteiger partial charge in [-0.3, -0.25) is 14.5 Å². The average molecular weight is 420 g/mol. The van der Waals surface area contributed by atoms with Gasteiger partial charge in [-0.25, -0.2) is 4.39 Å². The smallest absolute Gasteiger partial charge is 0.254 e. The quantitative estimate of drug-likeness (QED) is 0.659. The number of amides is 2. The van der Waals surface area contributed by atoms with Crippen molar-refractivity contribution in [3.05, 3.63) is 35.6 Å². The Kier molecular flexibility index (Phi) is 9.08. The number of hydrogen-bond donors (Lipinski definition) is 1. The van der Waals surface area contributed by atoms with E-state index >= 15 is 0 Å². The molecule has 1 heterocycles. The summed E-state index contributed by atoms with van der Waals surface area (Å²) in [6, 6.07) is 5.80. The molecular formula is C23H34FN3O3. The molecule has 166 valence electrons. The lowest BCUT2D eigenvalue weighted by Gasteiger charge is -2.22. The third-order valence-electron chi connectivity index (χ3n) is 5.86. The molecule has 30 heavy (non-hydrogen) atoms. The number of ether oxygens (including phenoxy) is 1. The molecule has 2 amide bonds. The Hall–Kier alpha value is -1.99. The zero-order chi connectivity index (χ0) is 21.2. The monoisotopic (exact) mass is 419 g/mol. The van der Waals surface area contributed by atoms with E-state index in [0.717, 1.165) is 19.4 Å². The van der Waals surface area contributed by atoms with Gasteiger partial charge in [0.25, 0.3) is 5.91 Å². The standard InChI is InChI=1S/C23H34FN3O3/c24-20-8-4-7-19(17-20)23(29)27-13-6-12-26(14-15-27)18-22(28)25-11-5-16-30-21-9-2-1-3-10-21/h4,7-8,17,21H,1-3,5-6,9-16,18H2,(H,25,28). The first-order valence-corrected chi connectivity index (χ1v) is 11.3. The molecule has 1 saturated carbocycles. The molecule has 0 unspecified atom stereocenters. The summed E-state index contributed by atoms with van der Waals surface area (Å²) in [7, 11) is 0. The van der Waals surface area contributed by atoms with Gasteiger partial charge >= 0.3 is 0 Å². The number of benzene rings is 1. The average Bonchev–Trinajstić information content (AvgIpc) is 2.99. The third kappa shape index (κ3) is 7.36. The molecule has 1 aliphatic carbocycles. The minimum Gasteiger partial charge on any atom is -0.378 e. The maximum absolute atomic E-state index is 13.4. The van der Waals surface area contributed by atoms with E-state index in [2.05, 4.69) is 10.2 Å². The second-order valence-electron chi connectivity index (χ2n) is 8.27. The predicted molar refractivity (Wildman–Crippen MR) is 114 cm³/mol. The molecule has 1 aliphatic heterocycles. The molecule has 1 aromatic carbocycles. The molecule has 2 fully saturated rings. The van der Waals surface area contributed by atoms with Crippen molar-refractivity contribution < 1.29 is 18.7 Å². The van der Waals surface area contributed by atoms with Gasteiger partial charge in [0.2, 0.25) is 5.91 Å². The van der Waals surface area contributed by atoms with E-state index in [0.29, 0.717) is 51.0 Å². The van der Waals surface area contributed by atoms with E-state index in [9.17, 15) is 14.0 Å². The van der Waals surface area contributed by atoms with E-state index in [1.165, 1.54) is 44.2 Å². The number of rotatable bonds is 8. The van der Waals surface area contributed by atoms with Gasteiger partial charge < -0.3 is 15.0 Å². The lowest BCUT2D eigenvalue weighted by Crippen LogP contribution is -2.40. The van der Waals surface area contributed by atoms with Gasteiger partial charge in [0.05, 0.1) is 12.6 Å². The Morgan fingerprint density at radius 2 is 1.90 bits per heavy atom. The maximum atomic E-state index is 13.4. The van der Waals surface area contributed by atoms with Crippen molar-refractivity contribution in [1.29, 1.82) is 0 Å². The van der Waals surface area contributed by atoms with Crippen LogP contribution in [0.15, 0.2) is 24.3 Å². The van der Waals surface area contributed by atoms with Crippen LogP contribution in [0.2, 0.25) is 0 Å². The van der Waals surface area contributed by atoms with Gasteiger partial charge in [-0.05, 0) is 43.9 Å². The molecule has 7 heteroatoms. The lowest BCUT2D eigenvalue weighted by molar-refractivity contribution is -0.122. The molecular weight excluding hydrogens is 385 g/mol. The van der Waals surface area contributed by atoms with Crippen LogP contribution >= 0.6 is 0 Å². The van der Waals surface area contributed by atoms with E-state index in [1.807, 2.05) is 0 Å². The second kappa shape index (κ2) is 12.0. The third-order valence-corrected chi connectivity index (χ3v) is 5.86. The van der Waals surface area contributed by atoms with Crippen molar-refractivity contribution in [2.24, 2.45) is 0 Å². The molecule has 1 N–H and O–H groups in total. The fourth-order valence-electron chi connectivity index (χ4n) is 4.18. The van der Waals surface area contributed by atoms with Gasteiger partial charge in [0.15, 0.2) is 0 Å². The fourth-order valence-corrected chi connectivity index (χ4v) is 4.18. The van der Waals surface area contributed by atoms with Crippen molar-refractivity contribution in [3.63, 3.8) is 0 Å². The van der Waals surface area contributed by atoms with E-state index in [-0.39, 0.29) is 11.8 Å². The fraction of sp³-hybridized carbons (Fsp3) is 0.652. The number of carbonyl (C=O) groups is 2.